The number of rotatable bonds is 3. The Balaban J connectivity index is 1.48. The summed E-state index contributed by atoms with van der Waals surface area (Å²) < 4.78 is 15.8. The number of carbonyl (C=O) groups excluding carboxylic acids is 1. The SMILES string of the molecule is O=C1c2sc(-c3cc(I)c(N4CCCC4)nc3F)nc2CCN1c1cncc(P)c1. The second kappa shape index (κ2) is 8.09. The molecule has 0 saturated carbocycles. The van der Waals surface area contributed by atoms with Gasteiger partial charge in [-0.05, 0) is 52.9 Å². The van der Waals surface area contributed by atoms with Crippen LogP contribution in [0.4, 0.5) is 15.9 Å². The van der Waals surface area contributed by atoms with Crippen molar-refractivity contribution in [1.29, 1.82) is 0 Å². The number of pyridine rings is 2. The molecule has 2 aliphatic rings. The van der Waals surface area contributed by atoms with E-state index in [0.717, 1.165) is 46.2 Å². The number of hydrogen-bond acceptors (Lipinski definition) is 6. The number of hydrogen-bond donors (Lipinski definition) is 0. The van der Waals surface area contributed by atoms with Gasteiger partial charge < -0.3 is 9.80 Å². The van der Waals surface area contributed by atoms with Crippen molar-refractivity contribution in [3.8, 4) is 10.6 Å². The maximum Gasteiger partial charge on any atom is 0.270 e. The molecule has 0 spiro atoms. The summed E-state index contributed by atoms with van der Waals surface area (Å²) in [5.41, 5.74) is 1.84. The molecule has 1 fully saturated rings. The third kappa shape index (κ3) is 3.61. The molecule has 1 atom stereocenters. The average Bonchev–Trinajstić information content (AvgIpc) is 3.40. The summed E-state index contributed by atoms with van der Waals surface area (Å²) in [5, 5.41) is 1.42. The molecule has 0 radical (unpaired) electrons. The molecule has 30 heavy (non-hydrogen) atoms. The lowest BCUT2D eigenvalue weighted by atomic mass is 10.1. The fourth-order valence-corrected chi connectivity index (χ4v) is 5.94. The minimum Gasteiger partial charge on any atom is -0.356 e. The van der Waals surface area contributed by atoms with Gasteiger partial charge >= 0.3 is 0 Å². The van der Waals surface area contributed by atoms with Crippen LogP contribution in [0, 0.1) is 9.52 Å². The Kier molecular flexibility index (Phi) is 5.45. The van der Waals surface area contributed by atoms with Crippen LogP contribution in [0.2, 0.25) is 0 Å². The lowest BCUT2D eigenvalue weighted by Crippen LogP contribution is -2.37. The Hall–Kier alpha value is -1.71. The van der Waals surface area contributed by atoms with Gasteiger partial charge in [-0.3, -0.25) is 9.78 Å². The third-order valence-corrected chi connectivity index (χ3v) is 7.54. The molecule has 1 amide bonds. The topological polar surface area (TPSA) is 62.2 Å². The summed E-state index contributed by atoms with van der Waals surface area (Å²) >= 11 is 3.44. The predicted octanol–water partition coefficient (Wildman–Crippen LogP) is 3.65. The molecule has 154 valence electrons. The number of amides is 1. The Bertz CT molecular complexity index is 1150. The van der Waals surface area contributed by atoms with Crippen molar-refractivity contribution in [2.75, 3.05) is 29.4 Å². The van der Waals surface area contributed by atoms with Gasteiger partial charge in [0.05, 0.1) is 26.7 Å². The summed E-state index contributed by atoms with van der Waals surface area (Å²) in [5.74, 6) is 0.0458. The van der Waals surface area contributed by atoms with Gasteiger partial charge in [0.1, 0.15) is 15.7 Å². The molecular formula is C20H18FIN5OPS. The maximum atomic E-state index is 14.9. The fraction of sp³-hybridized carbons (Fsp3) is 0.300. The van der Waals surface area contributed by atoms with Crippen LogP contribution in [0.15, 0.2) is 24.5 Å². The van der Waals surface area contributed by atoms with Crippen LogP contribution in [-0.4, -0.2) is 40.5 Å². The molecule has 6 nitrogen and oxygen atoms in total. The van der Waals surface area contributed by atoms with Crippen LogP contribution >= 0.6 is 43.2 Å². The molecule has 1 saturated heterocycles. The molecule has 0 aromatic carbocycles. The standard InChI is InChI=1S/C20H18FIN5OPS/c21-17-13(8-14(22)18(25-17)26-4-1-2-5-26)19-24-15-3-6-27(20(28)16(15)30-19)11-7-12(29)10-23-9-11/h7-10H,1-6,29H2. The molecule has 5 rings (SSSR count). The van der Waals surface area contributed by atoms with E-state index < -0.39 is 5.95 Å². The normalized spacial score (nSPS) is 16.3. The van der Waals surface area contributed by atoms with Gasteiger partial charge in [-0.15, -0.1) is 20.6 Å². The summed E-state index contributed by atoms with van der Waals surface area (Å²) in [6.07, 6.45) is 6.24. The minimum atomic E-state index is -0.535. The van der Waals surface area contributed by atoms with E-state index in [9.17, 15) is 9.18 Å². The molecule has 10 heteroatoms. The monoisotopic (exact) mass is 553 g/mol. The first kappa shape index (κ1) is 20.2. The molecule has 0 bridgehead atoms. The summed E-state index contributed by atoms with van der Waals surface area (Å²) in [6.45, 7) is 2.34. The number of anilines is 2. The van der Waals surface area contributed by atoms with Crippen LogP contribution < -0.4 is 15.1 Å². The van der Waals surface area contributed by atoms with Crippen molar-refractivity contribution in [2.24, 2.45) is 0 Å². The van der Waals surface area contributed by atoms with E-state index in [2.05, 4.69) is 51.7 Å². The third-order valence-electron chi connectivity index (χ3n) is 5.31. The zero-order chi connectivity index (χ0) is 20.8. The zero-order valence-electron chi connectivity index (χ0n) is 15.9. The van der Waals surface area contributed by atoms with E-state index in [0.29, 0.717) is 34.2 Å². The van der Waals surface area contributed by atoms with Crippen molar-refractivity contribution in [1.82, 2.24) is 15.0 Å². The Morgan fingerprint density at radius 1 is 1.13 bits per heavy atom. The zero-order valence-corrected chi connectivity index (χ0v) is 20.1. The summed E-state index contributed by atoms with van der Waals surface area (Å²) in [7, 11) is 2.59. The number of thiazole rings is 1. The van der Waals surface area contributed by atoms with Gasteiger partial charge in [0, 0.05) is 32.3 Å². The van der Waals surface area contributed by atoms with Crippen molar-refractivity contribution in [3.63, 3.8) is 0 Å². The first-order valence-electron chi connectivity index (χ1n) is 9.64. The van der Waals surface area contributed by atoms with Gasteiger partial charge in [-0.25, -0.2) is 9.97 Å². The van der Waals surface area contributed by atoms with Crippen molar-refractivity contribution in [2.45, 2.75) is 19.3 Å². The van der Waals surface area contributed by atoms with Gasteiger partial charge in [0.2, 0.25) is 5.95 Å². The molecule has 2 aliphatic heterocycles. The van der Waals surface area contributed by atoms with Gasteiger partial charge in [-0.2, -0.15) is 4.39 Å². The van der Waals surface area contributed by atoms with Crippen LogP contribution in [0.3, 0.4) is 0 Å². The fourth-order valence-electron chi connectivity index (χ4n) is 3.84. The second-order valence-electron chi connectivity index (χ2n) is 7.30. The average molecular weight is 553 g/mol. The van der Waals surface area contributed by atoms with Gasteiger partial charge in [0.25, 0.3) is 5.91 Å². The van der Waals surface area contributed by atoms with Crippen molar-refractivity contribution >= 4 is 65.9 Å². The molecule has 5 heterocycles. The molecule has 3 aromatic rings. The first-order valence-corrected chi connectivity index (χ1v) is 12.1. The van der Waals surface area contributed by atoms with Gasteiger partial charge in [-0.1, -0.05) is 0 Å². The molecule has 0 aliphatic carbocycles. The highest BCUT2D eigenvalue weighted by Gasteiger charge is 2.31. The number of carbonyl (C=O) groups is 1. The Labute approximate surface area is 193 Å². The van der Waals surface area contributed by atoms with E-state index >= 15 is 0 Å². The lowest BCUT2D eigenvalue weighted by molar-refractivity contribution is 0.0984. The number of nitrogens with zero attached hydrogens (tertiary/aromatic N) is 5. The molecule has 1 unspecified atom stereocenters. The van der Waals surface area contributed by atoms with Crippen LogP contribution in [0.25, 0.3) is 10.6 Å². The van der Waals surface area contributed by atoms with Crippen LogP contribution in [0.5, 0.6) is 0 Å². The highest BCUT2D eigenvalue weighted by Crippen LogP contribution is 2.36. The van der Waals surface area contributed by atoms with Crippen LogP contribution in [0.1, 0.15) is 28.2 Å². The lowest BCUT2D eigenvalue weighted by Gasteiger charge is -2.25. The largest absolute Gasteiger partial charge is 0.356 e. The highest BCUT2D eigenvalue weighted by molar-refractivity contribution is 14.1. The quantitative estimate of drug-likeness (QED) is 0.282. The maximum absolute atomic E-state index is 14.9. The number of fused-ring (bicyclic) bond motifs is 1. The number of aromatic nitrogens is 3. The number of halogens is 2. The van der Waals surface area contributed by atoms with E-state index in [-0.39, 0.29) is 5.91 Å². The minimum absolute atomic E-state index is 0.117. The second-order valence-corrected chi connectivity index (χ2v) is 10.1. The van der Waals surface area contributed by atoms with Crippen molar-refractivity contribution in [3.05, 3.63) is 44.6 Å². The Morgan fingerprint density at radius 3 is 2.70 bits per heavy atom. The van der Waals surface area contributed by atoms with E-state index in [1.54, 1.807) is 23.4 Å². The van der Waals surface area contributed by atoms with Crippen molar-refractivity contribution < 1.29 is 9.18 Å². The van der Waals surface area contributed by atoms with E-state index in [4.69, 9.17) is 0 Å². The highest BCUT2D eigenvalue weighted by atomic mass is 127. The molecule has 0 N–H and O–H groups in total. The predicted molar refractivity (Wildman–Crippen MR) is 128 cm³/mol. The van der Waals surface area contributed by atoms with E-state index in [1.807, 2.05) is 6.07 Å². The molecular weight excluding hydrogens is 535 g/mol. The van der Waals surface area contributed by atoms with Crippen LogP contribution in [-0.2, 0) is 6.42 Å². The molecule has 3 aromatic heterocycles. The smallest absolute Gasteiger partial charge is 0.270 e. The summed E-state index contributed by atoms with van der Waals surface area (Å²) in [6, 6.07) is 3.70. The van der Waals surface area contributed by atoms with Gasteiger partial charge in [0.15, 0.2) is 0 Å². The summed E-state index contributed by atoms with van der Waals surface area (Å²) in [4.78, 5) is 30.5. The Morgan fingerprint density at radius 2 is 1.93 bits per heavy atom. The first-order chi connectivity index (χ1) is 14.5. The van der Waals surface area contributed by atoms with E-state index in [1.165, 1.54) is 11.3 Å².